The molecule has 1 unspecified atom stereocenters. The number of halogens is 1. The van der Waals surface area contributed by atoms with E-state index in [9.17, 15) is 13.2 Å². The Kier molecular flexibility index (Phi) is 20.6. The summed E-state index contributed by atoms with van der Waals surface area (Å²) in [7, 11) is -0.209. The zero-order chi connectivity index (χ0) is 28.9. The summed E-state index contributed by atoms with van der Waals surface area (Å²) in [6, 6.07) is 19.5. The molecule has 0 saturated heterocycles. The van der Waals surface area contributed by atoms with Gasteiger partial charge in [-0.05, 0) is 49.2 Å². The lowest BCUT2D eigenvalue weighted by atomic mass is 10.0. The van der Waals surface area contributed by atoms with Crippen LogP contribution in [0.15, 0.2) is 54.6 Å². The van der Waals surface area contributed by atoms with Gasteiger partial charge in [-0.1, -0.05) is 58.1 Å². The molecule has 0 aliphatic carbocycles. The third-order valence-corrected chi connectivity index (χ3v) is 4.53. The van der Waals surface area contributed by atoms with Gasteiger partial charge in [0.25, 0.3) is 0 Å². The van der Waals surface area contributed by atoms with Gasteiger partial charge in [-0.25, -0.2) is 0 Å². The van der Waals surface area contributed by atoms with Crippen LogP contribution in [0.5, 0.6) is 0 Å². The first-order valence-electron chi connectivity index (χ1n) is 11.3. The Morgan fingerprint density at radius 2 is 1.35 bits per heavy atom. The van der Waals surface area contributed by atoms with Gasteiger partial charge >= 0.3 is 25.7 Å². The van der Waals surface area contributed by atoms with Crippen molar-refractivity contribution in [3.63, 3.8) is 0 Å². The van der Waals surface area contributed by atoms with Crippen LogP contribution >= 0.6 is 10.7 Å². The first-order valence-corrected chi connectivity index (χ1v) is 15.0. The number of para-hydroxylation sites is 1. The first kappa shape index (κ1) is 36.8. The molecule has 0 spiro atoms. The highest BCUT2D eigenvalue weighted by atomic mass is 35.7. The molecular formula is C23H36BClN2O8S2. The molecule has 0 heterocycles. The molecule has 4 N–H and O–H groups in total. The summed E-state index contributed by atoms with van der Waals surface area (Å²) in [6.07, 6.45) is 6.29. The summed E-state index contributed by atoms with van der Waals surface area (Å²) in [6.45, 7) is 6.88. The molecule has 0 amide bonds. The molecule has 2 rings (SSSR count). The highest BCUT2D eigenvalue weighted by Gasteiger charge is 2.07. The fourth-order valence-electron chi connectivity index (χ4n) is 2.81. The smallest absolute Gasteiger partial charge is 0.382 e. The van der Waals surface area contributed by atoms with Crippen molar-refractivity contribution in [2.75, 3.05) is 10.6 Å². The van der Waals surface area contributed by atoms with Crippen LogP contribution in [0.3, 0.4) is 0 Å². The zero-order valence-electron chi connectivity index (χ0n) is 21.4. The molecule has 14 heteroatoms. The number of hydrogen-bond acceptors (Lipinski definition) is 8. The first-order chi connectivity index (χ1) is 17.2. The van der Waals surface area contributed by atoms with E-state index in [1.165, 1.54) is 44.6 Å². The van der Waals surface area contributed by atoms with Crippen LogP contribution in [0.4, 0.5) is 17.1 Å². The number of benzene rings is 2. The van der Waals surface area contributed by atoms with E-state index in [0.717, 1.165) is 18.3 Å². The molecule has 2 radical (unpaired) electrons. The minimum Gasteiger partial charge on any atom is -0.382 e. The van der Waals surface area contributed by atoms with E-state index in [-0.39, 0.29) is 0 Å². The van der Waals surface area contributed by atoms with Gasteiger partial charge in [0.15, 0.2) is 0 Å². The number of unbranched alkanes of at least 4 members (excludes halogenated alkanes) is 1. The van der Waals surface area contributed by atoms with Crippen LogP contribution in [0.25, 0.3) is 0 Å². The standard InChI is InChI=1S/C20H28N2.C2H4O5S.CH3B.ClHO3S/c1-3-5-10-17(9-4-2)21-19-13-15-20(16-14-19)22-18-11-7-6-8-12-18;1-2(3)7-8(4,5)6;1-2;1-5(2,3)4/h6-8,11-17,21-22H,3-5,9-10H2,1-2H3;1H3,(H,4,5,6);1H3;(H,2,3,4). The van der Waals surface area contributed by atoms with E-state index in [1.807, 2.05) is 18.2 Å². The molecule has 2 aromatic carbocycles. The Labute approximate surface area is 226 Å². The van der Waals surface area contributed by atoms with Gasteiger partial charge in [0.2, 0.25) is 0 Å². The summed E-state index contributed by atoms with van der Waals surface area (Å²) < 4.78 is 55.3. The maximum atomic E-state index is 9.70. The fourth-order valence-corrected chi connectivity index (χ4v) is 3.11. The minimum absolute atomic E-state index is 0.595. The Bertz CT molecular complexity index is 1060. The molecule has 208 valence electrons. The van der Waals surface area contributed by atoms with Gasteiger partial charge in [0, 0.05) is 40.7 Å². The number of carbonyl (C=O) groups is 1. The number of carbonyl (C=O) groups excluding carboxylic acids is 1. The quantitative estimate of drug-likeness (QED) is 0.154. The van der Waals surface area contributed by atoms with Crippen LogP contribution in [0, 0.1) is 0 Å². The van der Waals surface area contributed by atoms with Crippen molar-refractivity contribution in [2.24, 2.45) is 0 Å². The third kappa shape index (κ3) is 26.6. The van der Waals surface area contributed by atoms with E-state index >= 15 is 0 Å². The van der Waals surface area contributed by atoms with Gasteiger partial charge in [-0.3, -0.25) is 13.9 Å². The van der Waals surface area contributed by atoms with E-state index in [0.29, 0.717) is 6.04 Å². The van der Waals surface area contributed by atoms with Gasteiger partial charge in [0.1, 0.15) is 0 Å². The van der Waals surface area contributed by atoms with Crippen LogP contribution in [-0.2, 0) is 28.7 Å². The summed E-state index contributed by atoms with van der Waals surface area (Å²) in [5.41, 5.74) is 3.46. The summed E-state index contributed by atoms with van der Waals surface area (Å²) in [5, 5.41) is 7.09. The lowest BCUT2D eigenvalue weighted by Gasteiger charge is -2.19. The average Bonchev–Trinajstić information content (AvgIpc) is 2.79. The Morgan fingerprint density at radius 1 is 0.892 bits per heavy atom. The molecular weight excluding hydrogens is 543 g/mol. The Balaban J connectivity index is 0. The number of rotatable bonds is 10. The van der Waals surface area contributed by atoms with Crippen molar-refractivity contribution >= 4 is 61.3 Å². The van der Waals surface area contributed by atoms with E-state index in [4.69, 9.17) is 17.5 Å². The second-order valence-electron chi connectivity index (χ2n) is 7.26. The lowest BCUT2D eigenvalue weighted by Crippen LogP contribution is -2.19. The van der Waals surface area contributed by atoms with Crippen LogP contribution in [0.1, 0.15) is 52.9 Å². The maximum absolute atomic E-state index is 9.70. The highest BCUT2D eigenvalue weighted by Crippen LogP contribution is 2.20. The van der Waals surface area contributed by atoms with Crippen molar-refractivity contribution in [2.45, 2.75) is 65.7 Å². The van der Waals surface area contributed by atoms with Crippen LogP contribution < -0.4 is 10.6 Å². The van der Waals surface area contributed by atoms with Crippen molar-refractivity contribution in [3.8, 4) is 0 Å². The molecule has 0 bridgehead atoms. The third-order valence-electron chi connectivity index (χ3n) is 4.08. The van der Waals surface area contributed by atoms with Gasteiger partial charge in [-0.15, -0.1) is 0 Å². The van der Waals surface area contributed by atoms with Crippen LogP contribution in [-0.4, -0.2) is 45.8 Å². The van der Waals surface area contributed by atoms with Crippen molar-refractivity contribution in [1.82, 2.24) is 0 Å². The highest BCUT2D eigenvalue weighted by molar-refractivity contribution is 8.09. The topological polar surface area (TPSA) is 159 Å². The van der Waals surface area contributed by atoms with Gasteiger partial charge in [-0.2, -0.15) is 16.8 Å². The van der Waals surface area contributed by atoms with E-state index in [1.54, 1.807) is 0 Å². The second kappa shape index (κ2) is 20.7. The molecule has 37 heavy (non-hydrogen) atoms. The Hall–Kier alpha value is -2.32. The van der Waals surface area contributed by atoms with E-state index < -0.39 is 25.7 Å². The lowest BCUT2D eigenvalue weighted by molar-refractivity contribution is -0.131. The van der Waals surface area contributed by atoms with Gasteiger partial charge in [0.05, 0.1) is 7.85 Å². The van der Waals surface area contributed by atoms with Gasteiger partial charge < -0.3 is 14.8 Å². The van der Waals surface area contributed by atoms with Crippen molar-refractivity contribution < 1.29 is 34.9 Å². The van der Waals surface area contributed by atoms with E-state index in [2.05, 4.69) is 83.6 Å². The predicted molar refractivity (Wildman–Crippen MR) is 150 cm³/mol. The molecule has 0 aromatic heterocycles. The average molecular weight is 579 g/mol. The van der Waals surface area contributed by atoms with Crippen molar-refractivity contribution in [1.29, 1.82) is 0 Å². The molecule has 0 aliphatic rings. The summed E-state index contributed by atoms with van der Waals surface area (Å²) in [5.74, 6) is -1.06. The monoisotopic (exact) mass is 578 g/mol. The normalized spacial score (nSPS) is 11.1. The number of anilines is 3. The van der Waals surface area contributed by atoms with Crippen molar-refractivity contribution in [3.05, 3.63) is 54.6 Å². The maximum Gasteiger partial charge on any atom is 0.448 e. The molecule has 0 aliphatic heterocycles. The molecule has 1 atom stereocenters. The Morgan fingerprint density at radius 3 is 1.73 bits per heavy atom. The fraction of sp³-hybridized carbons (Fsp3) is 0.435. The molecule has 0 fully saturated rings. The largest absolute Gasteiger partial charge is 0.448 e. The second-order valence-corrected chi connectivity index (χ2v) is 10.3. The molecule has 10 nitrogen and oxygen atoms in total. The molecule has 2 aromatic rings. The predicted octanol–water partition coefficient (Wildman–Crippen LogP) is 5.78. The van der Waals surface area contributed by atoms with Crippen LogP contribution in [0.2, 0.25) is 6.82 Å². The number of hydrogen-bond donors (Lipinski definition) is 4. The summed E-state index contributed by atoms with van der Waals surface area (Å²) in [4.78, 5) is 9.70. The molecule has 0 saturated carbocycles. The zero-order valence-corrected chi connectivity index (χ0v) is 23.8. The minimum atomic E-state index is -4.57. The number of nitrogens with one attached hydrogen (secondary N) is 2. The summed E-state index contributed by atoms with van der Waals surface area (Å²) >= 11 is 0. The SMILES string of the molecule is CC(=O)OS(=O)(=O)O.CCCCC(CCC)Nc1ccc(Nc2ccccc2)cc1.O=S(=O)(O)Cl.[B]C.